The normalized spacial score (nSPS) is 37.0. The van der Waals surface area contributed by atoms with Gasteiger partial charge in [-0.05, 0) is 36.3 Å². The van der Waals surface area contributed by atoms with Crippen LogP contribution in [0.4, 0.5) is 0 Å². The molecule has 1 N–H and O–H groups in total. The summed E-state index contributed by atoms with van der Waals surface area (Å²) in [5, 5.41) is 3.97. The van der Waals surface area contributed by atoms with Gasteiger partial charge in [-0.1, -0.05) is 38.1 Å². The Kier molecular flexibility index (Phi) is 3.30. The van der Waals surface area contributed by atoms with Crippen LogP contribution in [0.2, 0.25) is 0 Å². The minimum atomic E-state index is -0.711. The standard InChI is InChI=1S/C16H23NOS/c1-11-8-9-19(18)14-10-16(2,3)13-7-5-4-6-12(13)15(14)17-11/h4-7,11,14-15,17H,8-10H2,1-3H3. The van der Waals surface area contributed by atoms with Crippen LogP contribution in [0.5, 0.6) is 0 Å². The van der Waals surface area contributed by atoms with Crippen molar-refractivity contribution in [2.75, 3.05) is 5.75 Å². The Hall–Kier alpha value is -0.670. The second-order valence-electron chi connectivity index (χ2n) is 6.63. The van der Waals surface area contributed by atoms with Crippen LogP contribution in [0.15, 0.2) is 24.3 Å². The quantitative estimate of drug-likeness (QED) is 0.790. The molecule has 3 rings (SSSR count). The third kappa shape index (κ3) is 2.27. The summed E-state index contributed by atoms with van der Waals surface area (Å²) in [4.78, 5) is 0. The second-order valence-corrected chi connectivity index (χ2v) is 8.41. The Morgan fingerprint density at radius 3 is 2.84 bits per heavy atom. The maximum absolute atomic E-state index is 12.6. The zero-order valence-electron chi connectivity index (χ0n) is 12.0. The van der Waals surface area contributed by atoms with E-state index in [4.69, 9.17) is 0 Å². The van der Waals surface area contributed by atoms with Crippen LogP contribution in [0.3, 0.4) is 0 Å². The predicted octanol–water partition coefficient (Wildman–Crippen LogP) is 2.91. The number of fused-ring (bicyclic) bond motifs is 3. The second kappa shape index (κ2) is 4.71. The van der Waals surface area contributed by atoms with Crippen molar-refractivity contribution in [1.29, 1.82) is 0 Å². The molecule has 104 valence electrons. The van der Waals surface area contributed by atoms with Crippen molar-refractivity contribution in [3.05, 3.63) is 35.4 Å². The topological polar surface area (TPSA) is 29.1 Å². The first-order chi connectivity index (χ1) is 8.99. The molecule has 2 nitrogen and oxygen atoms in total. The minimum Gasteiger partial charge on any atom is -0.306 e. The van der Waals surface area contributed by atoms with Crippen molar-refractivity contribution in [1.82, 2.24) is 5.32 Å². The van der Waals surface area contributed by atoms with Crippen LogP contribution >= 0.6 is 0 Å². The molecule has 1 aliphatic carbocycles. The van der Waals surface area contributed by atoms with Crippen LogP contribution in [-0.2, 0) is 16.2 Å². The molecule has 0 saturated carbocycles. The average Bonchev–Trinajstić information content (AvgIpc) is 2.51. The smallest absolute Gasteiger partial charge is 0.0551 e. The van der Waals surface area contributed by atoms with Gasteiger partial charge in [0.05, 0.1) is 5.25 Å². The van der Waals surface area contributed by atoms with E-state index in [0.717, 1.165) is 18.6 Å². The summed E-state index contributed by atoms with van der Waals surface area (Å²) in [5.74, 6) is 0.841. The van der Waals surface area contributed by atoms with Crippen molar-refractivity contribution in [3.8, 4) is 0 Å². The van der Waals surface area contributed by atoms with Crippen molar-refractivity contribution in [3.63, 3.8) is 0 Å². The van der Waals surface area contributed by atoms with Crippen LogP contribution in [0.1, 0.15) is 50.8 Å². The summed E-state index contributed by atoms with van der Waals surface area (Å²) < 4.78 is 12.6. The number of rotatable bonds is 0. The van der Waals surface area contributed by atoms with Gasteiger partial charge in [0.1, 0.15) is 0 Å². The van der Waals surface area contributed by atoms with Gasteiger partial charge in [0.15, 0.2) is 0 Å². The zero-order valence-corrected chi connectivity index (χ0v) is 12.8. The van der Waals surface area contributed by atoms with E-state index in [1.54, 1.807) is 0 Å². The summed E-state index contributed by atoms with van der Waals surface area (Å²) in [7, 11) is -0.711. The molecule has 0 radical (unpaired) electrons. The molecule has 4 unspecified atom stereocenters. The summed E-state index contributed by atoms with van der Waals surface area (Å²) in [6, 6.07) is 9.41. The fourth-order valence-corrected chi connectivity index (χ4v) is 5.61. The number of hydrogen-bond donors (Lipinski definition) is 1. The van der Waals surface area contributed by atoms with Gasteiger partial charge in [-0.3, -0.25) is 4.21 Å². The van der Waals surface area contributed by atoms with Crippen LogP contribution in [0, 0.1) is 0 Å². The summed E-state index contributed by atoms with van der Waals surface area (Å²) in [6.45, 7) is 6.78. The number of hydrogen-bond acceptors (Lipinski definition) is 2. The Labute approximate surface area is 118 Å². The fourth-order valence-electron chi connectivity index (χ4n) is 3.59. The average molecular weight is 277 g/mol. The summed E-state index contributed by atoms with van der Waals surface area (Å²) in [6.07, 6.45) is 2.03. The van der Waals surface area contributed by atoms with Crippen molar-refractivity contribution < 1.29 is 4.21 Å². The Bertz CT molecular complexity index is 511. The first-order valence-corrected chi connectivity index (χ1v) is 8.60. The molecule has 0 bridgehead atoms. The lowest BCUT2D eigenvalue weighted by molar-refractivity contribution is 0.349. The van der Waals surface area contributed by atoms with Gasteiger partial charge in [0.25, 0.3) is 0 Å². The number of nitrogens with one attached hydrogen (secondary N) is 1. The zero-order chi connectivity index (χ0) is 13.6. The van der Waals surface area contributed by atoms with Crippen molar-refractivity contribution >= 4 is 10.8 Å². The third-order valence-corrected chi connectivity index (χ3v) is 6.41. The van der Waals surface area contributed by atoms with Crippen LogP contribution < -0.4 is 5.32 Å². The Balaban J connectivity index is 2.11. The Morgan fingerprint density at radius 1 is 1.32 bits per heavy atom. The fraction of sp³-hybridized carbons (Fsp3) is 0.625. The van der Waals surface area contributed by atoms with E-state index < -0.39 is 10.8 Å². The van der Waals surface area contributed by atoms with Crippen molar-refractivity contribution in [2.24, 2.45) is 0 Å². The molecular weight excluding hydrogens is 254 g/mol. The molecule has 1 fully saturated rings. The molecule has 1 saturated heterocycles. The van der Waals surface area contributed by atoms with Crippen LogP contribution in [-0.4, -0.2) is 21.3 Å². The van der Waals surface area contributed by atoms with Gasteiger partial charge in [-0.15, -0.1) is 0 Å². The predicted molar refractivity (Wildman–Crippen MR) is 80.8 cm³/mol. The highest BCUT2D eigenvalue weighted by molar-refractivity contribution is 7.85. The molecule has 1 aromatic rings. The largest absolute Gasteiger partial charge is 0.306 e. The monoisotopic (exact) mass is 277 g/mol. The molecule has 19 heavy (non-hydrogen) atoms. The molecule has 1 aromatic carbocycles. The first-order valence-electron chi connectivity index (χ1n) is 7.22. The van der Waals surface area contributed by atoms with E-state index in [1.807, 2.05) is 0 Å². The summed E-state index contributed by atoms with van der Waals surface area (Å²) >= 11 is 0. The first kappa shape index (κ1) is 13.3. The van der Waals surface area contributed by atoms with Gasteiger partial charge < -0.3 is 5.32 Å². The molecule has 1 aliphatic heterocycles. The van der Waals surface area contributed by atoms with Gasteiger partial charge in [0.2, 0.25) is 0 Å². The van der Waals surface area contributed by atoms with Crippen LogP contribution in [0.25, 0.3) is 0 Å². The SMILES string of the molecule is CC1CCS(=O)C2CC(C)(C)c3ccccc3C2N1. The molecule has 0 spiro atoms. The summed E-state index contributed by atoms with van der Waals surface area (Å²) in [5.41, 5.74) is 2.92. The van der Waals surface area contributed by atoms with E-state index in [9.17, 15) is 4.21 Å². The van der Waals surface area contributed by atoms with E-state index in [-0.39, 0.29) is 16.7 Å². The van der Waals surface area contributed by atoms with Crippen molar-refractivity contribution in [2.45, 2.75) is 56.4 Å². The molecule has 4 atom stereocenters. The number of benzene rings is 1. The molecule has 0 amide bonds. The molecular formula is C16H23NOS. The lowest BCUT2D eigenvalue weighted by atomic mass is 9.70. The minimum absolute atomic E-state index is 0.128. The lowest BCUT2D eigenvalue weighted by Gasteiger charge is -2.42. The molecule has 0 aromatic heterocycles. The third-order valence-electron chi connectivity index (χ3n) is 4.66. The van der Waals surface area contributed by atoms with E-state index in [0.29, 0.717) is 6.04 Å². The maximum Gasteiger partial charge on any atom is 0.0551 e. The van der Waals surface area contributed by atoms with E-state index >= 15 is 0 Å². The molecule has 1 heterocycles. The van der Waals surface area contributed by atoms with Gasteiger partial charge >= 0.3 is 0 Å². The maximum atomic E-state index is 12.6. The molecule has 3 heteroatoms. The Morgan fingerprint density at radius 2 is 2.05 bits per heavy atom. The van der Waals surface area contributed by atoms with E-state index in [2.05, 4.69) is 50.4 Å². The highest BCUT2D eigenvalue weighted by Crippen LogP contribution is 2.44. The van der Waals surface area contributed by atoms with E-state index in [1.165, 1.54) is 11.1 Å². The molecule has 2 aliphatic rings. The highest BCUT2D eigenvalue weighted by Gasteiger charge is 2.43. The van der Waals surface area contributed by atoms with Gasteiger partial charge in [-0.25, -0.2) is 0 Å². The lowest BCUT2D eigenvalue weighted by Crippen LogP contribution is -2.44. The highest BCUT2D eigenvalue weighted by atomic mass is 32.2. The van der Waals surface area contributed by atoms with Gasteiger partial charge in [0, 0.05) is 28.6 Å². The van der Waals surface area contributed by atoms with Gasteiger partial charge in [-0.2, -0.15) is 0 Å².